The van der Waals surface area contributed by atoms with Gasteiger partial charge in [0.2, 0.25) is 11.1 Å². The van der Waals surface area contributed by atoms with E-state index in [4.69, 9.17) is 16.2 Å². The van der Waals surface area contributed by atoms with E-state index >= 15 is 0 Å². The van der Waals surface area contributed by atoms with Crippen molar-refractivity contribution in [3.8, 4) is 0 Å². The highest BCUT2D eigenvalue weighted by Crippen LogP contribution is 2.43. The topological polar surface area (TPSA) is 95.4 Å². The maximum atomic E-state index is 11.4. The number of ether oxygens (including phenoxy) is 1. The molecule has 0 saturated heterocycles. The van der Waals surface area contributed by atoms with Crippen molar-refractivity contribution in [2.24, 2.45) is 11.5 Å². The Kier molecular flexibility index (Phi) is 7.39. The molecule has 0 spiro atoms. The Morgan fingerprint density at radius 1 is 1.33 bits per heavy atom. The normalized spacial score (nSPS) is 21.2. The molecule has 1 amide bonds. The number of nitrogens with two attached hydrogens (primary N) is 2. The Morgan fingerprint density at radius 3 is 2.29 bits per heavy atom. The van der Waals surface area contributed by atoms with Gasteiger partial charge in [-0.2, -0.15) is 0 Å². The zero-order valence-electron chi connectivity index (χ0n) is 14.8. The average molecular weight is 355 g/mol. The minimum absolute atomic E-state index is 0.0156. The molecule has 0 saturated carbocycles. The summed E-state index contributed by atoms with van der Waals surface area (Å²) in [5.41, 5.74) is 14.7. The van der Waals surface area contributed by atoms with Crippen LogP contribution < -0.4 is 11.5 Å². The highest BCUT2D eigenvalue weighted by atomic mass is 35.5. The van der Waals surface area contributed by atoms with E-state index in [0.717, 1.165) is 19.3 Å². The van der Waals surface area contributed by atoms with Crippen molar-refractivity contribution in [3.63, 3.8) is 0 Å². The van der Waals surface area contributed by atoms with Crippen LogP contribution in [0.2, 0.25) is 0 Å². The van der Waals surface area contributed by atoms with Gasteiger partial charge in [0.25, 0.3) is 0 Å². The first-order valence-corrected chi connectivity index (χ1v) is 8.48. The lowest BCUT2D eigenvalue weighted by Gasteiger charge is -2.46. The first kappa shape index (κ1) is 20.6. The molecule has 0 radical (unpaired) electrons. The first-order chi connectivity index (χ1) is 11.2. The van der Waals surface area contributed by atoms with E-state index in [1.807, 2.05) is 12.1 Å². The number of amides is 1. The van der Waals surface area contributed by atoms with Crippen LogP contribution >= 0.6 is 11.6 Å². The fraction of sp³-hybridized carbons (Fsp3) is 0.556. The summed E-state index contributed by atoms with van der Waals surface area (Å²) < 4.78 is 5.58. The predicted molar refractivity (Wildman–Crippen MR) is 96.2 cm³/mol. The quantitative estimate of drug-likeness (QED) is 0.812. The maximum absolute atomic E-state index is 11.4. The number of primary amides is 1. The Labute approximate surface area is 148 Å². The Morgan fingerprint density at radius 2 is 1.88 bits per heavy atom. The molecular weight excluding hydrogens is 328 g/mol. The summed E-state index contributed by atoms with van der Waals surface area (Å²) >= 11 is 4.64. The third-order valence-electron chi connectivity index (χ3n) is 4.96. The SMILES string of the molecule is CC(=O)Cl.CCC1(CC)c2cc(C(N)=O)ccc2C[C@H](OC)[C@H]1N. The van der Waals surface area contributed by atoms with Crippen LogP contribution in [-0.2, 0) is 21.4 Å². The van der Waals surface area contributed by atoms with E-state index in [0.29, 0.717) is 5.56 Å². The van der Waals surface area contributed by atoms with Gasteiger partial charge in [0.05, 0.1) is 6.10 Å². The maximum Gasteiger partial charge on any atom is 0.248 e. The predicted octanol–water partition coefficient (Wildman–Crippen LogP) is 2.51. The molecule has 0 fully saturated rings. The molecule has 2 atom stereocenters. The molecule has 24 heavy (non-hydrogen) atoms. The standard InChI is InChI=1S/C16H24N2O2.C2H3ClO/c1-4-16(5-2)12-8-11(15(18)19)7-6-10(12)9-13(20-3)14(16)17;1-2(3)4/h6-8,13-14H,4-5,9,17H2,1-3H3,(H2,18,19);1H3/t13-,14+;/m0./s1. The minimum atomic E-state index is -0.392. The van der Waals surface area contributed by atoms with Crippen LogP contribution in [0.3, 0.4) is 0 Å². The smallest absolute Gasteiger partial charge is 0.248 e. The van der Waals surface area contributed by atoms with Crippen molar-refractivity contribution >= 4 is 22.8 Å². The molecule has 0 heterocycles. The number of hydrogen-bond acceptors (Lipinski definition) is 4. The summed E-state index contributed by atoms with van der Waals surface area (Å²) in [5.74, 6) is -0.392. The lowest BCUT2D eigenvalue weighted by Crippen LogP contribution is -2.56. The van der Waals surface area contributed by atoms with Crippen molar-refractivity contribution in [2.45, 2.75) is 57.6 Å². The van der Waals surface area contributed by atoms with Gasteiger partial charge in [-0.15, -0.1) is 0 Å². The van der Waals surface area contributed by atoms with Crippen LogP contribution in [0.25, 0.3) is 0 Å². The van der Waals surface area contributed by atoms with E-state index in [1.165, 1.54) is 18.1 Å². The number of carbonyl (C=O) groups is 2. The highest BCUT2D eigenvalue weighted by Gasteiger charge is 2.45. The number of halogens is 1. The average Bonchev–Trinajstić information content (AvgIpc) is 2.54. The monoisotopic (exact) mass is 354 g/mol. The number of benzene rings is 1. The third kappa shape index (κ3) is 4.15. The van der Waals surface area contributed by atoms with Crippen molar-refractivity contribution < 1.29 is 14.3 Å². The molecule has 5 nitrogen and oxygen atoms in total. The van der Waals surface area contributed by atoms with Crippen LogP contribution in [0.5, 0.6) is 0 Å². The van der Waals surface area contributed by atoms with Crippen molar-refractivity contribution in [1.82, 2.24) is 0 Å². The molecular formula is C18H27ClN2O3. The van der Waals surface area contributed by atoms with E-state index in [2.05, 4.69) is 25.4 Å². The second-order valence-corrected chi connectivity index (χ2v) is 6.61. The molecule has 0 aromatic heterocycles. The molecule has 0 aliphatic heterocycles. The van der Waals surface area contributed by atoms with Crippen LogP contribution in [-0.4, -0.2) is 30.4 Å². The summed E-state index contributed by atoms with van der Waals surface area (Å²) in [6.07, 6.45) is 2.63. The minimum Gasteiger partial charge on any atom is -0.379 e. The van der Waals surface area contributed by atoms with Gasteiger partial charge in [-0.1, -0.05) is 19.9 Å². The zero-order chi connectivity index (χ0) is 18.5. The van der Waals surface area contributed by atoms with Crippen LogP contribution in [0, 0.1) is 0 Å². The summed E-state index contributed by atoms with van der Waals surface area (Å²) in [4.78, 5) is 20.7. The van der Waals surface area contributed by atoms with Gasteiger partial charge >= 0.3 is 0 Å². The van der Waals surface area contributed by atoms with Crippen molar-refractivity contribution in [3.05, 3.63) is 34.9 Å². The van der Waals surface area contributed by atoms with Gasteiger partial charge in [-0.25, -0.2) is 0 Å². The van der Waals surface area contributed by atoms with E-state index in [-0.39, 0.29) is 22.8 Å². The molecule has 1 aromatic carbocycles. The summed E-state index contributed by atoms with van der Waals surface area (Å²) in [5, 5.41) is -0.361. The fourth-order valence-corrected chi connectivity index (χ4v) is 3.58. The Balaban J connectivity index is 0.000000648. The third-order valence-corrected chi connectivity index (χ3v) is 4.96. The lowest BCUT2D eigenvalue weighted by atomic mass is 9.62. The van der Waals surface area contributed by atoms with Crippen molar-refractivity contribution in [2.75, 3.05) is 7.11 Å². The molecule has 1 aliphatic rings. The molecule has 0 unspecified atom stereocenters. The largest absolute Gasteiger partial charge is 0.379 e. The molecule has 2 rings (SSSR count). The summed E-state index contributed by atoms with van der Waals surface area (Å²) in [6.45, 7) is 5.58. The fourth-order valence-electron chi connectivity index (χ4n) is 3.58. The van der Waals surface area contributed by atoms with E-state index in [1.54, 1.807) is 13.2 Å². The highest BCUT2D eigenvalue weighted by molar-refractivity contribution is 6.62. The molecule has 4 N–H and O–H groups in total. The van der Waals surface area contributed by atoms with Gasteiger partial charge in [0.1, 0.15) is 0 Å². The summed E-state index contributed by atoms with van der Waals surface area (Å²) in [6, 6.07) is 5.64. The Bertz CT molecular complexity index is 596. The number of rotatable bonds is 4. The number of methoxy groups -OCH3 is 1. The second kappa shape index (κ2) is 8.60. The van der Waals surface area contributed by atoms with Gasteiger partial charge in [0.15, 0.2) is 0 Å². The van der Waals surface area contributed by atoms with Gasteiger partial charge in [-0.3, -0.25) is 9.59 Å². The van der Waals surface area contributed by atoms with E-state index < -0.39 is 5.91 Å². The molecule has 134 valence electrons. The van der Waals surface area contributed by atoms with Crippen LogP contribution in [0.1, 0.15) is 55.1 Å². The molecule has 0 bridgehead atoms. The Hall–Kier alpha value is -1.43. The number of carbonyl (C=O) groups excluding carboxylic acids is 2. The summed E-state index contributed by atoms with van der Waals surface area (Å²) in [7, 11) is 1.71. The van der Waals surface area contributed by atoms with Crippen LogP contribution in [0.4, 0.5) is 0 Å². The molecule has 6 heteroatoms. The van der Waals surface area contributed by atoms with Crippen molar-refractivity contribution in [1.29, 1.82) is 0 Å². The lowest BCUT2D eigenvalue weighted by molar-refractivity contribution is -0.109. The van der Waals surface area contributed by atoms with Gasteiger partial charge in [0, 0.05) is 37.5 Å². The van der Waals surface area contributed by atoms with E-state index in [9.17, 15) is 9.59 Å². The molecule has 1 aromatic rings. The van der Waals surface area contributed by atoms with Gasteiger partial charge in [-0.05, 0) is 47.7 Å². The van der Waals surface area contributed by atoms with Gasteiger partial charge < -0.3 is 16.2 Å². The number of fused-ring (bicyclic) bond motifs is 1. The second-order valence-electron chi connectivity index (χ2n) is 6.07. The first-order valence-electron chi connectivity index (χ1n) is 8.11. The zero-order valence-corrected chi connectivity index (χ0v) is 15.5. The molecule has 1 aliphatic carbocycles. The van der Waals surface area contributed by atoms with Crippen LogP contribution in [0.15, 0.2) is 18.2 Å². The number of hydrogen-bond donors (Lipinski definition) is 2.